The number of carbonyl (C=O) groups excluding carboxylic acids is 1. The molecule has 0 unspecified atom stereocenters. The zero-order chi connectivity index (χ0) is 18.5. The van der Waals surface area contributed by atoms with Crippen LogP contribution in [0.25, 0.3) is 6.08 Å². The Morgan fingerprint density at radius 1 is 1.15 bits per heavy atom. The van der Waals surface area contributed by atoms with Gasteiger partial charge in [0, 0.05) is 44.0 Å². The van der Waals surface area contributed by atoms with E-state index in [1.165, 1.54) is 18.2 Å². The van der Waals surface area contributed by atoms with Crippen molar-refractivity contribution >= 4 is 29.3 Å². The fraction of sp³-hybridized carbons (Fsp3) is 0.250. The van der Waals surface area contributed by atoms with Crippen LogP contribution in [0.2, 0.25) is 5.02 Å². The molecular weight excluding hydrogens is 355 g/mol. The number of piperazine rings is 1. The summed E-state index contributed by atoms with van der Waals surface area (Å²) in [5, 5.41) is 0.0477. The molecule has 0 aromatic heterocycles. The summed E-state index contributed by atoms with van der Waals surface area (Å²) in [6, 6.07) is 12.3. The van der Waals surface area contributed by atoms with Gasteiger partial charge in [-0.15, -0.1) is 0 Å². The minimum absolute atomic E-state index is 0.0477. The van der Waals surface area contributed by atoms with Crippen molar-refractivity contribution in [2.24, 2.45) is 0 Å². The number of carbonyl (C=O) groups is 1. The van der Waals surface area contributed by atoms with Gasteiger partial charge in [0.15, 0.2) is 0 Å². The van der Waals surface area contributed by atoms with Crippen LogP contribution < -0.4 is 9.64 Å². The van der Waals surface area contributed by atoms with E-state index in [2.05, 4.69) is 4.90 Å². The molecule has 1 aliphatic rings. The van der Waals surface area contributed by atoms with Crippen LogP contribution in [0, 0.1) is 5.82 Å². The van der Waals surface area contributed by atoms with Crippen molar-refractivity contribution in [3.63, 3.8) is 0 Å². The summed E-state index contributed by atoms with van der Waals surface area (Å²) >= 11 is 5.76. The van der Waals surface area contributed by atoms with Crippen LogP contribution in [0.4, 0.5) is 10.1 Å². The molecule has 3 rings (SSSR count). The lowest BCUT2D eigenvalue weighted by Gasteiger charge is -2.35. The van der Waals surface area contributed by atoms with Gasteiger partial charge in [-0.1, -0.05) is 23.7 Å². The van der Waals surface area contributed by atoms with Crippen LogP contribution in [-0.2, 0) is 4.79 Å². The number of hydrogen-bond donors (Lipinski definition) is 0. The first-order chi connectivity index (χ1) is 12.6. The molecule has 1 aliphatic heterocycles. The third-order valence-corrected chi connectivity index (χ3v) is 4.66. The molecule has 1 fully saturated rings. The Balaban J connectivity index is 1.57. The predicted molar refractivity (Wildman–Crippen MR) is 102 cm³/mol. The molecule has 0 bridgehead atoms. The lowest BCUT2D eigenvalue weighted by atomic mass is 10.2. The minimum Gasteiger partial charge on any atom is -0.497 e. The Kier molecular flexibility index (Phi) is 5.78. The smallest absolute Gasteiger partial charge is 0.246 e. The minimum atomic E-state index is -0.469. The highest BCUT2D eigenvalue weighted by molar-refractivity contribution is 6.30. The zero-order valence-electron chi connectivity index (χ0n) is 14.5. The van der Waals surface area contributed by atoms with E-state index < -0.39 is 5.82 Å². The monoisotopic (exact) mass is 374 g/mol. The molecule has 0 atom stereocenters. The van der Waals surface area contributed by atoms with Gasteiger partial charge in [0.05, 0.1) is 12.1 Å². The van der Waals surface area contributed by atoms with E-state index in [9.17, 15) is 9.18 Å². The topological polar surface area (TPSA) is 32.8 Å². The molecule has 4 nitrogen and oxygen atoms in total. The van der Waals surface area contributed by atoms with Gasteiger partial charge in [-0.3, -0.25) is 4.79 Å². The van der Waals surface area contributed by atoms with E-state index in [4.69, 9.17) is 16.3 Å². The fourth-order valence-corrected chi connectivity index (χ4v) is 3.07. The molecule has 1 heterocycles. The van der Waals surface area contributed by atoms with Crippen molar-refractivity contribution in [2.45, 2.75) is 0 Å². The van der Waals surface area contributed by atoms with Gasteiger partial charge in [0.25, 0.3) is 0 Å². The summed E-state index contributed by atoms with van der Waals surface area (Å²) in [6.45, 7) is 2.80. The molecule has 0 aliphatic carbocycles. The number of rotatable bonds is 4. The second-order valence-electron chi connectivity index (χ2n) is 6.02. The van der Waals surface area contributed by atoms with Gasteiger partial charge < -0.3 is 14.5 Å². The molecule has 1 amide bonds. The maximum absolute atomic E-state index is 13.2. The fourth-order valence-electron chi connectivity index (χ4n) is 2.88. The van der Waals surface area contributed by atoms with Crippen molar-refractivity contribution in [1.29, 1.82) is 0 Å². The summed E-state index contributed by atoms with van der Waals surface area (Å²) < 4.78 is 18.4. The lowest BCUT2D eigenvalue weighted by Crippen LogP contribution is -2.48. The first-order valence-corrected chi connectivity index (χ1v) is 8.75. The van der Waals surface area contributed by atoms with Crippen molar-refractivity contribution < 1.29 is 13.9 Å². The predicted octanol–water partition coefficient (Wildman–Crippen LogP) is 3.85. The molecule has 2 aromatic carbocycles. The van der Waals surface area contributed by atoms with E-state index in [1.54, 1.807) is 24.2 Å². The van der Waals surface area contributed by atoms with Crippen molar-refractivity contribution in [1.82, 2.24) is 4.90 Å². The third kappa shape index (κ3) is 4.35. The molecule has 2 aromatic rings. The van der Waals surface area contributed by atoms with Gasteiger partial charge in [-0.2, -0.15) is 0 Å². The molecule has 0 saturated carbocycles. The Labute approximate surface area is 157 Å². The average Bonchev–Trinajstić information content (AvgIpc) is 2.69. The summed E-state index contributed by atoms with van der Waals surface area (Å²) in [7, 11) is 1.65. The SMILES string of the molecule is COc1cccc(N2CCN(C(=O)/C=C/c3ccc(F)c(Cl)c3)CC2)c1. The molecule has 136 valence electrons. The number of amides is 1. The van der Waals surface area contributed by atoms with Crippen molar-refractivity contribution in [2.75, 3.05) is 38.2 Å². The van der Waals surface area contributed by atoms with Crippen molar-refractivity contribution in [3.8, 4) is 5.75 Å². The number of hydrogen-bond acceptors (Lipinski definition) is 3. The molecule has 6 heteroatoms. The van der Waals surface area contributed by atoms with Gasteiger partial charge in [-0.25, -0.2) is 4.39 Å². The van der Waals surface area contributed by atoms with Gasteiger partial charge >= 0.3 is 0 Å². The van der Waals surface area contributed by atoms with E-state index >= 15 is 0 Å². The van der Waals surface area contributed by atoms with Crippen LogP contribution in [0.15, 0.2) is 48.5 Å². The largest absolute Gasteiger partial charge is 0.497 e. The van der Waals surface area contributed by atoms with Crippen LogP contribution in [-0.4, -0.2) is 44.1 Å². The molecular formula is C20H20ClFN2O2. The number of benzene rings is 2. The number of ether oxygens (including phenoxy) is 1. The molecule has 26 heavy (non-hydrogen) atoms. The standard InChI is InChI=1S/C20H20ClFN2O2/c1-26-17-4-2-3-16(14-17)23-9-11-24(12-10-23)20(25)8-6-15-5-7-19(22)18(21)13-15/h2-8,13-14H,9-12H2,1H3/b8-6+. The summed E-state index contributed by atoms with van der Waals surface area (Å²) in [6.07, 6.45) is 3.16. The lowest BCUT2D eigenvalue weighted by molar-refractivity contribution is -0.126. The van der Waals surface area contributed by atoms with Crippen LogP contribution >= 0.6 is 11.6 Å². The first-order valence-electron chi connectivity index (χ1n) is 8.38. The Morgan fingerprint density at radius 3 is 2.62 bits per heavy atom. The second kappa shape index (κ2) is 8.23. The van der Waals surface area contributed by atoms with E-state index in [0.717, 1.165) is 24.5 Å². The van der Waals surface area contributed by atoms with E-state index in [0.29, 0.717) is 18.7 Å². The summed E-state index contributed by atoms with van der Waals surface area (Å²) in [5.74, 6) is 0.293. The highest BCUT2D eigenvalue weighted by Gasteiger charge is 2.20. The number of anilines is 1. The molecule has 0 N–H and O–H groups in total. The first kappa shape index (κ1) is 18.3. The molecule has 1 saturated heterocycles. The van der Waals surface area contributed by atoms with Gasteiger partial charge in [-0.05, 0) is 35.9 Å². The average molecular weight is 375 g/mol. The number of nitrogens with zero attached hydrogens (tertiary/aromatic N) is 2. The normalized spacial score (nSPS) is 14.7. The van der Waals surface area contributed by atoms with Crippen molar-refractivity contribution in [3.05, 3.63) is 64.9 Å². The molecule has 0 spiro atoms. The highest BCUT2D eigenvalue weighted by atomic mass is 35.5. The molecule has 0 radical (unpaired) electrons. The van der Waals surface area contributed by atoms with E-state index in [-0.39, 0.29) is 10.9 Å². The number of halogens is 2. The van der Waals surface area contributed by atoms with Crippen LogP contribution in [0.1, 0.15) is 5.56 Å². The third-order valence-electron chi connectivity index (χ3n) is 4.37. The zero-order valence-corrected chi connectivity index (χ0v) is 15.2. The summed E-state index contributed by atoms with van der Waals surface area (Å²) in [5.41, 5.74) is 1.78. The highest BCUT2D eigenvalue weighted by Crippen LogP contribution is 2.22. The van der Waals surface area contributed by atoms with Gasteiger partial charge in [0.2, 0.25) is 5.91 Å². The van der Waals surface area contributed by atoms with Crippen LogP contribution in [0.5, 0.6) is 5.75 Å². The van der Waals surface area contributed by atoms with E-state index in [1.807, 2.05) is 24.3 Å². The van der Waals surface area contributed by atoms with Gasteiger partial charge in [0.1, 0.15) is 11.6 Å². The quantitative estimate of drug-likeness (QED) is 0.762. The second-order valence-corrected chi connectivity index (χ2v) is 6.43. The maximum Gasteiger partial charge on any atom is 0.246 e. The summed E-state index contributed by atoms with van der Waals surface area (Å²) in [4.78, 5) is 16.4. The Morgan fingerprint density at radius 2 is 1.92 bits per heavy atom. The maximum atomic E-state index is 13.2. The number of methoxy groups -OCH3 is 1. The van der Waals surface area contributed by atoms with Crippen LogP contribution in [0.3, 0.4) is 0 Å². The Hall–Kier alpha value is -2.53. The Bertz CT molecular complexity index is 817.